The standard InChI is InChI=1S/C26H34N2O2S/c1-18(23-10-5-6-15-27-23)28-24(29)17-31-25(28)19-8-7-9-22(16-19)30-21-13-11-20(12-14-21)26(2,3)4/h7-9,11-14,16,18,23,25,27H,5-6,10,15,17H2,1-4H3. The molecule has 0 spiro atoms. The molecule has 4 rings (SSSR count). The highest BCUT2D eigenvalue weighted by atomic mass is 32.2. The Labute approximate surface area is 190 Å². The zero-order valence-electron chi connectivity index (χ0n) is 19.1. The molecule has 1 amide bonds. The lowest BCUT2D eigenvalue weighted by Gasteiger charge is -2.38. The SMILES string of the molecule is CC(C1CCCCN1)N1C(=O)CSC1c1cccc(Oc2ccc(C(C)(C)C)cc2)c1. The number of hydrogen-bond donors (Lipinski definition) is 1. The van der Waals surface area contributed by atoms with Crippen molar-refractivity contribution in [1.29, 1.82) is 0 Å². The summed E-state index contributed by atoms with van der Waals surface area (Å²) in [7, 11) is 0. The predicted octanol–water partition coefficient (Wildman–Crippen LogP) is 5.88. The summed E-state index contributed by atoms with van der Waals surface area (Å²) in [6.07, 6.45) is 3.60. The molecule has 4 nitrogen and oxygen atoms in total. The molecule has 1 N–H and O–H groups in total. The highest BCUT2D eigenvalue weighted by Crippen LogP contribution is 2.42. The Balaban J connectivity index is 1.51. The number of piperidine rings is 1. The van der Waals surface area contributed by atoms with E-state index in [1.165, 1.54) is 18.4 Å². The van der Waals surface area contributed by atoms with Gasteiger partial charge in [0.15, 0.2) is 0 Å². The van der Waals surface area contributed by atoms with Crippen LogP contribution in [0.25, 0.3) is 0 Å². The summed E-state index contributed by atoms with van der Waals surface area (Å²) >= 11 is 1.72. The summed E-state index contributed by atoms with van der Waals surface area (Å²) in [6.45, 7) is 9.87. The molecular weight excluding hydrogens is 404 g/mol. The van der Waals surface area contributed by atoms with Gasteiger partial charge in [-0.1, -0.05) is 51.5 Å². The number of rotatable bonds is 5. The van der Waals surface area contributed by atoms with Gasteiger partial charge in [-0.25, -0.2) is 0 Å². The Morgan fingerprint density at radius 3 is 2.55 bits per heavy atom. The highest BCUT2D eigenvalue weighted by Gasteiger charge is 2.39. The lowest BCUT2D eigenvalue weighted by Crippen LogP contribution is -2.51. The van der Waals surface area contributed by atoms with E-state index in [2.05, 4.69) is 62.2 Å². The first-order valence-corrected chi connectivity index (χ1v) is 12.4. The van der Waals surface area contributed by atoms with Crippen molar-refractivity contribution in [2.24, 2.45) is 0 Å². The molecule has 0 aliphatic carbocycles. The van der Waals surface area contributed by atoms with Crippen molar-refractivity contribution in [3.8, 4) is 11.5 Å². The Hall–Kier alpha value is -1.98. The third-order valence-electron chi connectivity index (χ3n) is 6.37. The normalized spacial score (nSPS) is 23.1. The first-order valence-electron chi connectivity index (χ1n) is 11.4. The van der Waals surface area contributed by atoms with E-state index >= 15 is 0 Å². The van der Waals surface area contributed by atoms with Crippen molar-refractivity contribution in [3.63, 3.8) is 0 Å². The number of hydrogen-bond acceptors (Lipinski definition) is 4. The second-order valence-corrected chi connectivity index (χ2v) is 10.8. The molecule has 0 aromatic heterocycles. The highest BCUT2D eigenvalue weighted by molar-refractivity contribution is 8.00. The van der Waals surface area contributed by atoms with Crippen LogP contribution < -0.4 is 10.1 Å². The molecule has 2 aliphatic rings. The number of amides is 1. The molecule has 5 heteroatoms. The number of nitrogens with zero attached hydrogens (tertiary/aromatic N) is 1. The van der Waals surface area contributed by atoms with Crippen LogP contribution in [-0.2, 0) is 10.2 Å². The Kier molecular flexibility index (Phi) is 6.63. The van der Waals surface area contributed by atoms with E-state index in [9.17, 15) is 4.79 Å². The zero-order chi connectivity index (χ0) is 22.0. The zero-order valence-corrected chi connectivity index (χ0v) is 19.9. The van der Waals surface area contributed by atoms with Crippen molar-refractivity contribution >= 4 is 17.7 Å². The van der Waals surface area contributed by atoms with E-state index in [0.29, 0.717) is 11.8 Å². The van der Waals surface area contributed by atoms with Gasteiger partial charge >= 0.3 is 0 Å². The molecular formula is C26H34N2O2S. The monoisotopic (exact) mass is 438 g/mol. The Morgan fingerprint density at radius 2 is 1.87 bits per heavy atom. The van der Waals surface area contributed by atoms with Crippen LogP contribution in [0.3, 0.4) is 0 Å². The second kappa shape index (κ2) is 9.25. The molecule has 3 unspecified atom stereocenters. The molecule has 0 bridgehead atoms. The average Bonchev–Trinajstić information content (AvgIpc) is 3.15. The van der Waals surface area contributed by atoms with E-state index in [1.807, 2.05) is 24.3 Å². The van der Waals surface area contributed by atoms with Crippen molar-refractivity contribution in [1.82, 2.24) is 10.2 Å². The van der Waals surface area contributed by atoms with Crippen LogP contribution in [0.2, 0.25) is 0 Å². The van der Waals surface area contributed by atoms with E-state index in [1.54, 1.807) is 11.8 Å². The Morgan fingerprint density at radius 1 is 1.10 bits per heavy atom. The molecule has 3 atom stereocenters. The van der Waals surface area contributed by atoms with Crippen LogP contribution in [0.1, 0.15) is 63.5 Å². The molecule has 2 aromatic rings. The Bertz CT molecular complexity index is 900. The fourth-order valence-corrected chi connectivity index (χ4v) is 5.77. The first-order chi connectivity index (χ1) is 14.8. The summed E-state index contributed by atoms with van der Waals surface area (Å²) in [6, 6.07) is 17.1. The number of carbonyl (C=O) groups excluding carboxylic acids is 1. The topological polar surface area (TPSA) is 41.6 Å². The number of benzene rings is 2. The molecule has 0 saturated carbocycles. The third kappa shape index (κ3) is 5.09. The minimum Gasteiger partial charge on any atom is -0.457 e. The summed E-state index contributed by atoms with van der Waals surface area (Å²) in [5.74, 6) is 2.42. The van der Waals surface area contributed by atoms with Crippen molar-refractivity contribution in [3.05, 3.63) is 59.7 Å². The van der Waals surface area contributed by atoms with Crippen molar-refractivity contribution < 1.29 is 9.53 Å². The van der Waals surface area contributed by atoms with Gasteiger partial charge in [0.1, 0.15) is 16.9 Å². The molecule has 2 aliphatic heterocycles. The fraction of sp³-hybridized carbons (Fsp3) is 0.500. The molecule has 31 heavy (non-hydrogen) atoms. The largest absolute Gasteiger partial charge is 0.457 e. The van der Waals surface area contributed by atoms with Gasteiger partial charge in [-0.05, 0) is 67.1 Å². The molecule has 2 heterocycles. The quantitative estimate of drug-likeness (QED) is 0.633. The average molecular weight is 439 g/mol. The van der Waals surface area contributed by atoms with E-state index in [4.69, 9.17) is 4.74 Å². The number of ether oxygens (including phenoxy) is 1. The van der Waals surface area contributed by atoms with Crippen LogP contribution >= 0.6 is 11.8 Å². The van der Waals surface area contributed by atoms with Crippen LogP contribution in [-0.4, -0.2) is 35.2 Å². The minimum atomic E-state index is 0.0399. The second-order valence-electron chi connectivity index (χ2n) is 9.71. The summed E-state index contributed by atoms with van der Waals surface area (Å²) < 4.78 is 6.16. The maximum absolute atomic E-state index is 12.8. The fourth-order valence-electron chi connectivity index (χ4n) is 4.51. The predicted molar refractivity (Wildman–Crippen MR) is 129 cm³/mol. The lowest BCUT2D eigenvalue weighted by molar-refractivity contribution is -0.130. The first kappa shape index (κ1) is 22.2. The van der Waals surface area contributed by atoms with Crippen molar-refractivity contribution in [2.45, 2.75) is 69.8 Å². The van der Waals surface area contributed by atoms with E-state index in [0.717, 1.165) is 30.0 Å². The smallest absolute Gasteiger partial charge is 0.234 e. The minimum absolute atomic E-state index is 0.0399. The van der Waals surface area contributed by atoms with Gasteiger partial charge in [0.2, 0.25) is 5.91 Å². The van der Waals surface area contributed by atoms with Gasteiger partial charge in [-0.15, -0.1) is 11.8 Å². The summed E-state index contributed by atoms with van der Waals surface area (Å²) in [4.78, 5) is 14.9. The van der Waals surface area contributed by atoms with Crippen LogP contribution in [0.4, 0.5) is 0 Å². The molecule has 2 aromatic carbocycles. The number of nitrogens with one attached hydrogen (secondary N) is 1. The van der Waals surface area contributed by atoms with Gasteiger partial charge in [0.05, 0.1) is 5.75 Å². The molecule has 2 saturated heterocycles. The van der Waals surface area contributed by atoms with E-state index < -0.39 is 0 Å². The number of carbonyl (C=O) groups is 1. The van der Waals surface area contributed by atoms with Gasteiger partial charge in [0.25, 0.3) is 0 Å². The maximum Gasteiger partial charge on any atom is 0.234 e. The van der Waals surface area contributed by atoms with Gasteiger partial charge in [-0.3, -0.25) is 4.79 Å². The maximum atomic E-state index is 12.8. The van der Waals surface area contributed by atoms with Crippen molar-refractivity contribution in [2.75, 3.05) is 12.3 Å². The third-order valence-corrected chi connectivity index (χ3v) is 7.60. The van der Waals surface area contributed by atoms with E-state index in [-0.39, 0.29) is 22.7 Å². The summed E-state index contributed by atoms with van der Waals surface area (Å²) in [5, 5.41) is 3.66. The molecule has 0 radical (unpaired) electrons. The molecule has 2 fully saturated rings. The van der Waals surface area contributed by atoms with Crippen LogP contribution in [0.15, 0.2) is 48.5 Å². The van der Waals surface area contributed by atoms with Crippen LogP contribution in [0.5, 0.6) is 11.5 Å². The lowest BCUT2D eigenvalue weighted by atomic mass is 9.87. The van der Waals surface area contributed by atoms with Gasteiger partial charge < -0.3 is 15.0 Å². The number of thioether (sulfide) groups is 1. The van der Waals surface area contributed by atoms with Crippen LogP contribution in [0, 0.1) is 0 Å². The molecule has 166 valence electrons. The summed E-state index contributed by atoms with van der Waals surface area (Å²) in [5.41, 5.74) is 2.54. The van der Waals surface area contributed by atoms with Gasteiger partial charge in [-0.2, -0.15) is 0 Å². The van der Waals surface area contributed by atoms with Gasteiger partial charge in [0, 0.05) is 12.1 Å².